The van der Waals surface area contributed by atoms with Crippen molar-refractivity contribution in [3.63, 3.8) is 0 Å². The summed E-state index contributed by atoms with van der Waals surface area (Å²) in [6.07, 6.45) is 3.22. The van der Waals surface area contributed by atoms with Crippen molar-refractivity contribution in [2.24, 2.45) is 10.9 Å². The molecule has 0 saturated carbocycles. The maximum Gasteiger partial charge on any atom is 0.410 e. The predicted molar refractivity (Wildman–Crippen MR) is 109 cm³/mol. The first-order valence-electron chi connectivity index (χ1n) is 10.0. The molecule has 9 nitrogen and oxygen atoms in total. The highest BCUT2D eigenvalue weighted by atomic mass is 16.6. The second-order valence-electron chi connectivity index (χ2n) is 8.42. The highest BCUT2D eigenvalue weighted by molar-refractivity contribution is 5.80. The van der Waals surface area contributed by atoms with E-state index in [1.165, 1.54) is 0 Å². The van der Waals surface area contributed by atoms with Crippen molar-refractivity contribution in [3.8, 4) is 0 Å². The van der Waals surface area contributed by atoms with Gasteiger partial charge in [-0.1, -0.05) is 6.92 Å². The number of aromatic nitrogens is 3. The largest absolute Gasteiger partial charge is 0.444 e. The van der Waals surface area contributed by atoms with Gasteiger partial charge in [-0.25, -0.2) is 14.5 Å². The van der Waals surface area contributed by atoms with E-state index in [1.54, 1.807) is 18.3 Å². The molecule has 0 saturated heterocycles. The fourth-order valence-corrected chi connectivity index (χ4v) is 3.06. The summed E-state index contributed by atoms with van der Waals surface area (Å²) in [6, 6.07) is 0.270. The molecule has 2 N–H and O–H groups in total. The highest BCUT2D eigenvalue weighted by Gasteiger charge is 2.22. The predicted octanol–water partition coefficient (Wildman–Crippen LogP) is 1.65. The molecule has 28 heavy (non-hydrogen) atoms. The SMILES string of the molecule is CCNC(=NCC(C)CN(C)C(=O)OC(C)(C)C)NC1CCc2ncnn2C1. The van der Waals surface area contributed by atoms with Crippen LogP contribution in [0.5, 0.6) is 0 Å². The summed E-state index contributed by atoms with van der Waals surface area (Å²) in [5.41, 5.74) is -0.487. The van der Waals surface area contributed by atoms with Gasteiger partial charge < -0.3 is 20.3 Å². The van der Waals surface area contributed by atoms with E-state index >= 15 is 0 Å². The molecule has 0 spiro atoms. The minimum absolute atomic E-state index is 0.209. The minimum Gasteiger partial charge on any atom is -0.444 e. The van der Waals surface area contributed by atoms with Crippen LogP contribution in [0.1, 0.15) is 46.9 Å². The van der Waals surface area contributed by atoms with Crippen LogP contribution in [0.2, 0.25) is 0 Å². The molecule has 0 radical (unpaired) electrons. The van der Waals surface area contributed by atoms with Crippen LogP contribution >= 0.6 is 0 Å². The van der Waals surface area contributed by atoms with Gasteiger partial charge in [0, 0.05) is 39.1 Å². The van der Waals surface area contributed by atoms with Gasteiger partial charge in [-0.3, -0.25) is 4.99 Å². The fraction of sp³-hybridized carbons (Fsp3) is 0.789. The van der Waals surface area contributed by atoms with Crippen LogP contribution in [0.25, 0.3) is 0 Å². The van der Waals surface area contributed by atoms with Crippen LogP contribution in [0.15, 0.2) is 11.3 Å². The second-order valence-corrected chi connectivity index (χ2v) is 8.42. The van der Waals surface area contributed by atoms with E-state index in [2.05, 4.69) is 27.6 Å². The Morgan fingerprint density at radius 1 is 1.50 bits per heavy atom. The lowest BCUT2D eigenvalue weighted by molar-refractivity contribution is 0.0279. The Kier molecular flexibility index (Phi) is 7.65. The van der Waals surface area contributed by atoms with Gasteiger partial charge in [0.2, 0.25) is 0 Å². The summed E-state index contributed by atoms with van der Waals surface area (Å²) in [4.78, 5) is 22.7. The van der Waals surface area contributed by atoms with Crippen molar-refractivity contribution < 1.29 is 9.53 Å². The molecule has 2 rings (SSSR count). The molecule has 2 atom stereocenters. The minimum atomic E-state index is -0.487. The quantitative estimate of drug-likeness (QED) is 0.563. The first-order chi connectivity index (χ1) is 13.2. The first-order valence-corrected chi connectivity index (χ1v) is 10.0. The van der Waals surface area contributed by atoms with Gasteiger partial charge in [0.25, 0.3) is 0 Å². The Morgan fingerprint density at radius 2 is 2.25 bits per heavy atom. The number of guanidine groups is 1. The Hall–Kier alpha value is -2.32. The lowest BCUT2D eigenvalue weighted by Gasteiger charge is -2.27. The Balaban J connectivity index is 1.85. The summed E-state index contributed by atoms with van der Waals surface area (Å²) in [5, 5.41) is 11.1. The molecule has 1 aromatic rings. The Bertz CT molecular complexity index is 665. The summed E-state index contributed by atoms with van der Waals surface area (Å²) in [5.74, 6) is 2.04. The number of hydrogen-bond donors (Lipinski definition) is 2. The highest BCUT2D eigenvalue weighted by Crippen LogP contribution is 2.12. The molecule has 9 heteroatoms. The number of nitrogens with zero attached hydrogens (tertiary/aromatic N) is 5. The van der Waals surface area contributed by atoms with E-state index < -0.39 is 5.60 Å². The molecule has 1 aromatic heterocycles. The van der Waals surface area contributed by atoms with Gasteiger partial charge in [0.15, 0.2) is 5.96 Å². The van der Waals surface area contributed by atoms with Crippen LogP contribution in [0, 0.1) is 5.92 Å². The molecule has 1 aliphatic heterocycles. The molecular formula is C19H35N7O2. The molecular weight excluding hydrogens is 358 g/mol. The monoisotopic (exact) mass is 393 g/mol. The van der Waals surface area contributed by atoms with Crippen molar-refractivity contribution in [1.29, 1.82) is 0 Å². The summed E-state index contributed by atoms with van der Waals surface area (Å²) in [6.45, 7) is 12.5. The number of rotatable bonds is 6. The van der Waals surface area contributed by atoms with E-state index in [4.69, 9.17) is 9.73 Å². The van der Waals surface area contributed by atoms with E-state index in [0.717, 1.165) is 37.7 Å². The van der Waals surface area contributed by atoms with Crippen LogP contribution in [-0.4, -0.2) is 70.0 Å². The van der Waals surface area contributed by atoms with Gasteiger partial charge in [-0.15, -0.1) is 0 Å². The maximum atomic E-state index is 12.1. The number of fused-ring (bicyclic) bond motifs is 1. The second kappa shape index (κ2) is 9.75. The first kappa shape index (κ1) is 22.0. The van der Waals surface area contributed by atoms with Crippen LogP contribution in [0.3, 0.4) is 0 Å². The van der Waals surface area contributed by atoms with E-state index in [1.807, 2.05) is 32.4 Å². The van der Waals surface area contributed by atoms with Crippen LogP contribution < -0.4 is 10.6 Å². The standard InChI is InChI=1S/C19H35N7O2/c1-7-20-17(24-15-8-9-16-22-13-23-26(16)12-15)21-10-14(2)11-25(6)18(27)28-19(3,4)5/h13-15H,7-12H2,1-6H3,(H2,20,21,24). The van der Waals surface area contributed by atoms with Crippen LogP contribution in [-0.2, 0) is 17.7 Å². The third kappa shape index (κ3) is 7.01. The number of ether oxygens (including phenoxy) is 1. The smallest absolute Gasteiger partial charge is 0.410 e. The summed E-state index contributed by atoms with van der Waals surface area (Å²) in [7, 11) is 1.76. The summed E-state index contributed by atoms with van der Waals surface area (Å²) >= 11 is 0. The topological polar surface area (TPSA) is 96.7 Å². The number of aliphatic imine (C=N–C) groups is 1. The number of nitrogens with one attached hydrogen (secondary N) is 2. The number of carbonyl (C=O) groups excluding carboxylic acids is 1. The van der Waals surface area contributed by atoms with Crippen molar-refractivity contribution in [1.82, 2.24) is 30.3 Å². The van der Waals surface area contributed by atoms with Gasteiger partial charge in [0.1, 0.15) is 17.8 Å². The zero-order valence-electron chi connectivity index (χ0n) is 18.0. The molecule has 0 bridgehead atoms. The Morgan fingerprint density at radius 3 is 2.93 bits per heavy atom. The number of hydrogen-bond acceptors (Lipinski definition) is 5. The zero-order chi connectivity index (χ0) is 20.7. The van der Waals surface area contributed by atoms with Gasteiger partial charge in [-0.05, 0) is 40.0 Å². The lowest BCUT2D eigenvalue weighted by Crippen LogP contribution is -2.47. The van der Waals surface area contributed by atoms with Crippen molar-refractivity contribution in [2.75, 3.05) is 26.7 Å². The van der Waals surface area contributed by atoms with Gasteiger partial charge in [0.05, 0.1) is 6.54 Å². The van der Waals surface area contributed by atoms with Crippen molar-refractivity contribution in [2.45, 2.75) is 65.6 Å². The normalized spacial score (nSPS) is 18.2. The van der Waals surface area contributed by atoms with Crippen LogP contribution in [0.4, 0.5) is 4.79 Å². The number of amides is 1. The average Bonchev–Trinajstić information content (AvgIpc) is 3.06. The Labute approximate surface area is 167 Å². The summed E-state index contributed by atoms with van der Waals surface area (Å²) < 4.78 is 7.35. The fourth-order valence-electron chi connectivity index (χ4n) is 3.06. The van der Waals surface area contributed by atoms with E-state index in [9.17, 15) is 4.79 Å². The molecule has 0 aliphatic carbocycles. The van der Waals surface area contributed by atoms with Gasteiger partial charge >= 0.3 is 6.09 Å². The maximum absolute atomic E-state index is 12.1. The third-order valence-electron chi connectivity index (χ3n) is 4.34. The van der Waals surface area contributed by atoms with Gasteiger partial charge in [-0.2, -0.15) is 5.10 Å². The van der Waals surface area contributed by atoms with Crippen molar-refractivity contribution in [3.05, 3.63) is 12.2 Å². The molecule has 0 fully saturated rings. The zero-order valence-corrected chi connectivity index (χ0v) is 18.0. The molecule has 2 heterocycles. The van der Waals surface area contributed by atoms with Crippen molar-refractivity contribution >= 4 is 12.1 Å². The molecule has 1 aliphatic rings. The van der Waals surface area contributed by atoms with E-state index in [-0.39, 0.29) is 18.1 Å². The number of aryl methyl sites for hydroxylation is 1. The average molecular weight is 394 g/mol. The third-order valence-corrected chi connectivity index (χ3v) is 4.34. The molecule has 0 aromatic carbocycles. The molecule has 2 unspecified atom stereocenters. The number of carbonyl (C=O) groups is 1. The molecule has 158 valence electrons. The lowest BCUT2D eigenvalue weighted by atomic mass is 10.1. The molecule has 1 amide bonds. The van der Waals surface area contributed by atoms with E-state index in [0.29, 0.717) is 13.1 Å².